The molecular formula is C12H18N3O4+. The van der Waals surface area contributed by atoms with Crippen LogP contribution in [0.25, 0.3) is 0 Å². The summed E-state index contributed by atoms with van der Waals surface area (Å²) in [7, 11) is 8.78. The molecule has 1 rings (SSSR count). The van der Waals surface area contributed by atoms with Gasteiger partial charge in [-0.3, -0.25) is 14.6 Å². The second kappa shape index (κ2) is 4.85. The molecule has 1 aromatic rings. The summed E-state index contributed by atoms with van der Waals surface area (Å²) >= 11 is 0. The van der Waals surface area contributed by atoms with Gasteiger partial charge in [0.25, 0.3) is 0 Å². The van der Waals surface area contributed by atoms with E-state index >= 15 is 0 Å². The first kappa shape index (κ1) is 14.9. The number of carbonyl (C=O) groups is 1. The van der Waals surface area contributed by atoms with Crippen molar-refractivity contribution in [3.05, 3.63) is 27.8 Å². The van der Waals surface area contributed by atoms with Crippen molar-refractivity contribution in [2.24, 2.45) is 0 Å². The normalized spacial score (nSPS) is 11.2. The smallest absolute Gasteiger partial charge is 0.338 e. The Labute approximate surface area is 111 Å². The molecule has 0 unspecified atom stereocenters. The largest absolute Gasteiger partial charge is 0.478 e. The summed E-state index contributed by atoms with van der Waals surface area (Å²) in [5, 5.41) is 20.3. The van der Waals surface area contributed by atoms with E-state index in [0.29, 0.717) is 11.4 Å². The summed E-state index contributed by atoms with van der Waals surface area (Å²) in [6, 6.07) is 2.68. The second-order valence-corrected chi connectivity index (χ2v) is 5.33. The van der Waals surface area contributed by atoms with Crippen LogP contribution in [0.3, 0.4) is 0 Å². The van der Waals surface area contributed by atoms with Crippen molar-refractivity contribution in [3.8, 4) is 0 Å². The lowest BCUT2D eigenvalue weighted by molar-refractivity contribution is -0.384. The van der Waals surface area contributed by atoms with E-state index in [9.17, 15) is 14.9 Å². The predicted molar refractivity (Wildman–Crippen MR) is 73.9 cm³/mol. The number of aromatic carboxylic acids is 1. The van der Waals surface area contributed by atoms with Crippen LogP contribution in [0, 0.1) is 10.1 Å². The van der Waals surface area contributed by atoms with E-state index in [0.717, 1.165) is 6.07 Å². The minimum absolute atomic E-state index is 0.0751. The van der Waals surface area contributed by atoms with E-state index in [1.165, 1.54) is 0 Å². The molecule has 1 aromatic carbocycles. The Hall–Kier alpha value is -2.15. The van der Waals surface area contributed by atoms with Crippen molar-refractivity contribution in [1.29, 1.82) is 0 Å². The van der Waals surface area contributed by atoms with Crippen LogP contribution >= 0.6 is 0 Å². The molecule has 0 saturated carbocycles. The van der Waals surface area contributed by atoms with E-state index in [-0.39, 0.29) is 15.7 Å². The molecule has 7 heteroatoms. The fourth-order valence-electron chi connectivity index (χ4n) is 1.79. The Morgan fingerprint density at radius 2 is 1.84 bits per heavy atom. The van der Waals surface area contributed by atoms with Crippen molar-refractivity contribution in [2.45, 2.75) is 0 Å². The zero-order valence-electron chi connectivity index (χ0n) is 11.7. The molecule has 0 aliphatic heterocycles. The van der Waals surface area contributed by atoms with Gasteiger partial charge >= 0.3 is 11.7 Å². The molecule has 0 bridgehead atoms. The molecule has 104 valence electrons. The average molecular weight is 268 g/mol. The molecule has 0 atom stereocenters. The maximum atomic E-state index is 11.2. The summed E-state index contributed by atoms with van der Waals surface area (Å²) in [4.78, 5) is 23.4. The van der Waals surface area contributed by atoms with E-state index in [4.69, 9.17) is 5.11 Å². The van der Waals surface area contributed by atoms with Gasteiger partial charge in [-0.1, -0.05) is 0 Å². The summed E-state index contributed by atoms with van der Waals surface area (Å²) < 4.78 is 0.233. The number of benzene rings is 1. The second-order valence-electron chi connectivity index (χ2n) is 5.33. The Morgan fingerprint density at radius 1 is 1.32 bits per heavy atom. The Bertz CT molecular complexity index is 533. The Morgan fingerprint density at radius 3 is 2.16 bits per heavy atom. The number of hydrogen-bond donors (Lipinski definition) is 1. The molecule has 0 aliphatic carbocycles. The molecule has 0 radical (unpaired) electrons. The summed E-state index contributed by atoms with van der Waals surface area (Å²) in [5.41, 5.74) is 0.643. The summed E-state index contributed by atoms with van der Waals surface area (Å²) in [6.45, 7) is 0. The van der Waals surface area contributed by atoms with E-state index < -0.39 is 10.9 Å². The Balaban J connectivity index is 3.70. The van der Waals surface area contributed by atoms with Crippen LogP contribution in [0.5, 0.6) is 0 Å². The van der Waals surface area contributed by atoms with Crippen LogP contribution in [0.4, 0.5) is 17.1 Å². The zero-order valence-corrected chi connectivity index (χ0v) is 11.7. The quantitative estimate of drug-likeness (QED) is 0.509. The van der Waals surface area contributed by atoms with Crippen LogP contribution in [0.1, 0.15) is 10.4 Å². The highest BCUT2D eigenvalue weighted by Gasteiger charge is 2.30. The molecule has 19 heavy (non-hydrogen) atoms. The first-order chi connectivity index (χ1) is 8.55. The number of quaternary nitrogens is 1. The summed E-state index contributed by atoms with van der Waals surface area (Å²) in [6.07, 6.45) is 0. The fourth-order valence-corrected chi connectivity index (χ4v) is 1.79. The lowest BCUT2D eigenvalue weighted by Crippen LogP contribution is -2.35. The van der Waals surface area contributed by atoms with Crippen molar-refractivity contribution in [1.82, 2.24) is 4.48 Å². The average Bonchev–Trinajstić information content (AvgIpc) is 2.25. The molecule has 0 fully saturated rings. The van der Waals surface area contributed by atoms with Crippen molar-refractivity contribution in [3.63, 3.8) is 0 Å². The SMILES string of the molecule is CN(C)c1cc([N+](C)(C)C)c([N+](=O)[O-])cc1C(=O)O. The van der Waals surface area contributed by atoms with E-state index in [2.05, 4.69) is 0 Å². The van der Waals surface area contributed by atoms with Gasteiger partial charge in [0, 0.05) is 26.2 Å². The van der Waals surface area contributed by atoms with Gasteiger partial charge in [0.15, 0.2) is 0 Å². The lowest BCUT2D eigenvalue weighted by atomic mass is 10.1. The molecule has 1 N–H and O–H groups in total. The maximum absolute atomic E-state index is 11.2. The summed E-state index contributed by atoms with van der Waals surface area (Å²) in [5.74, 6) is -1.18. The van der Waals surface area contributed by atoms with Crippen LogP contribution in [-0.4, -0.2) is 51.2 Å². The minimum Gasteiger partial charge on any atom is -0.478 e. The third-order valence-electron chi connectivity index (χ3n) is 2.72. The van der Waals surface area contributed by atoms with Crippen molar-refractivity contribution >= 4 is 23.0 Å². The van der Waals surface area contributed by atoms with Crippen LogP contribution in [0.2, 0.25) is 0 Å². The monoisotopic (exact) mass is 268 g/mol. The minimum atomic E-state index is -1.18. The van der Waals surface area contributed by atoms with Crippen LogP contribution < -0.4 is 9.38 Å². The molecule has 7 nitrogen and oxygen atoms in total. The highest BCUT2D eigenvalue weighted by Crippen LogP contribution is 2.36. The fraction of sp³-hybridized carbons (Fsp3) is 0.417. The van der Waals surface area contributed by atoms with E-state index in [1.807, 2.05) is 0 Å². The van der Waals surface area contributed by atoms with Gasteiger partial charge in [0.2, 0.25) is 5.69 Å². The molecule has 0 aliphatic rings. The highest BCUT2D eigenvalue weighted by atomic mass is 16.6. The van der Waals surface area contributed by atoms with Gasteiger partial charge in [0.1, 0.15) is 0 Å². The van der Waals surface area contributed by atoms with Gasteiger partial charge in [-0.2, -0.15) is 0 Å². The van der Waals surface area contributed by atoms with E-state index in [1.54, 1.807) is 46.2 Å². The van der Waals surface area contributed by atoms with Gasteiger partial charge in [0.05, 0.1) is 37.3 Å². The molecular weight excluding hydrogens is 250 g/mol. The van der Waals surface area contributed by atoms with Crippen molar-refractivity contribution in [2.75, 3.05) is 40.1 Å². The van der Waals surface area contributed by atoms with Gasteiger partial charge < -0.3 is 10.0 Å². The van der Waals surface area contributed by atoms with Gasteiger partial charge in [-0.25, -0.2) is 4.79 Å². The maximum Gasteiger partial charge on any atom is 0.338 e. The number of anilines is 1. The molecule has 0 spiro atoms. The van der Waals surface area contributed by atoms with Crippen LogP contribution in [0.15, 0.2) is 12.1 Å². The number of rotatable bonds is 4. The number of carboxylic acids is 1. The zero-order chi connectivity index (χ0) is 15.0. The third-order valence-corrected chi connectivity index (χ3v) is 2.72. The standard InChI is InChI=1S/C12H17N3O4/c1-13(2)9-7-11(15(3,4)5)10(14(18)19)6-8(9)12(16)17/h6-7H,1-5H3/p+1. The van der Waals surface area contributed by atoms with Gasteiger partial charge in [-0.05, 0) is 0 Å². The number of hydrogen-bond acceptors (Lipinski definition) is 4. The molecule has 0 aromatic heterocycles. The third kappa shape index (κ3) is 3.00. The van der Waals surface area contributed by atoms with Crippen LogP contribution in [-0.2, 0) is 0 Å². The number of nitro benzene ring substituents is 1. The van der Waals surface area contributed by atoms with Crippen molar-refractivity contribution < 1.29 is 14.8 Å². The Kier molecular flexibility index (Phi) is 3.80. The predicted octanol–water partition coefficient (Wildman–Crippen LogP) is 1.56. The molecule has 0 amide bonds. The first-order valence-electron chi connectivity index (χ1n) is 5.60. The lowest BCUT2D eigenvalue weighted by Gasteiger charge is -2.25. The number of carboxylic acid groups (broad SMARTS) is 1. The number of nitrogens with zero attached hydrogens (tertiary/aromatic N) is 3. The molecule has 0 saturated heterocycles. The topological polar surface area (TPSA) is 83.7 Å². The van der Waals surface area contributed by atoms with Gasteiger partial charge in [-0.15, -0.1) is 0 Å². The molecule has 0 heterocycles. The highest BCUT2D eigenvalue weighted by molar-refractivity contribution is 5.97. The number of nitro groups is 1. The first-order valence-corrected chi connectivity index (χ1v) is 5.60.